The number of carboxylic acids is 2. The molecule has 0 spiro atoms. The largest absolute Gasteiger partial charge is 0.477 e. The van der Waals surface area contributed by atoms with Gasteiger partial charge in [-0.25, -0.2) is 9.59 Å². The smallest absolute Gasteiger partial charge is 0.364 e. The van der Waals surface area contributed by atoms with Crippen LogP contribution in [-0.2, 0) is 76.1 Å². The van der Waals surface area contributed by atoms with Gasteiger partial charge in [0.25, 0.3) is 11.6 Å². The Morgan fingerprint density at radius 3 is 1.23 bits per heavy atom. The van der Waals surface area contributed by atoms with Crippen LogP contribution in [0.15, 0.2) is 0 Å². The molecule has 6 saturated heterocycles. The average Bonchev–Trinajstić information content (AvgIpc) is 1.30. The Balaban J connectivity index is 1.42. The Bertz CT molecular complexity index is 2320. The SMILES string of the molecule is CC(=O)N[C@H]1[C@H](O[C@@H]2[C@H](O[C@]3(C(=O)O)C[C@H](O)[C@@H](NC(C)=O)[C@H]([C@H](O)[C@H](O)CO)O3)[C@@H](O)[C@H](O[C@H]3[C@H](O)[C@@H](O)[C@@H](O)O[C@@H]3CO)O[C@@H]2CO)O[C@H](CO)[C@H](O)[C@@H]1O[C@@H]1O[C@H](CO)[C@H](O)[C@H](O[C@]2(C(=O)O)C[C@H](O)[C@@H](NC(C)=O)[C@H]([C@H](O)[C@H](O)CO)O2)[C@H]1O. The van der Waals surface area contributed by atoms with Crippen molar-refractivity contribution in [3.63, 3.8) is 0 Å². The van der Waals surface area contributed by atoms with E-state index in [1.807, 2.05) is 0 Å². The molecule has 88 heavy (non-hydrogen) atoms. The van der Waals surface area contributed by atoms with Crippen molar-refractivity contribution >= 4 is 29.7 Å². The fraction of sp³-hybridized carbons (Fsp3) is 0.896. The number of ether oxygens (including phenoxy) is 11. The number of hydrogen-bond donors (Lipinski definition) is 24. The highest BCUT2D eigenvalue weighted by atomic mass is 16.8. The summed E-state index contributed by atoms with van der Waals surface area (Å²) in [5, 5.41) is 235. The molecule has 3 amide bonds. The number of rotatable bonds is 25. The van der Waals surface area contributed by atoms with Crippen LogP contribution in [0.4, 0.5) is 0 Å². The third-order valence-electron chi connectivity index (χ3n) is 15.6. The van der Waals surface area contributed by atoms with Gasteiger partial charge in [0, 0.05) is 33.6 Å². The molecular weight excluding hydrogens is 1210 g/mol. The number of carbonyl (C=O) groups is 5. The third kappa shape index (κ3) is 15.6. The molecule has 0 aromatic heterocycles. The second-order valence-corrected chi connectivity index (χ2v) is 21.8. The van der Waals surface area contributed by atoms with E-state index in [4.69, 9.17) is 52.1 Å². The molecule has 32 atom stereocenters. The number of aliphatic carboxylic acids is 2. The van der Waals surface area contributed by atoms with Gasteiger partial charge in [-0.1, -0.05) is 0 Å². The minimum atomic E-state index is -3.44. The van der Waals surface area contributed by atoms with Crippen LogP contribution in [0.2, 0.25) is 0 Å². The van der Waals surface area contributed by atoms with Crippen LogP contribution < -0.4 is 16.0 Å². The summed E-state index contributed by atoms with van der Waals surface area (Å²) in [7, 11) is 0. The van der Waals surface area contributed by atoms with E-state index in [-0.39, 0.29) is 0 Å². The van der Waals surface area contributed by atoms with Crippen LogP contribution in [0, 0.1) is 0 Å². The molecular formula is C48H79N3O37. The summed E-state index contributed by atoms with van der Waals surface area (Å²) < 4.78 is 63.8. The average molecular weight is 1290 g/mol. The minimum Gasteiger partial charge on any atom is -0.477 e. The van der Waals surface area contributed by atoms with E-state index in [9.17, 15) is 131 Å². The van der Waals surface area contributed by atoms with Crippen LogP contribution in [0.3, 0.4) is 0 Å². The first-order valence-corrected chi connectivity index (χ1v) is 27.4. The summed E-state index contributed by atoms with van der Waals surface area (Å²) in [4.78, 5) is 64.4. The topological polar surface area (TPSA) is 648 Å². The number of nitrogens with one attached hydrogen (secondary N) is 3. The molecule has 0 unspecified atom stereocenters. The first-order chi connectivity index (χ1) is 41.3. The summed E-state index contributed by atoms with van der Waals surface area (Å²) in [6, 6.07) is -5.66. The van der Waals surface area contributed by atoms with Gasteiger partial charge in [0.1, 0.15) is 134 Å². The summed E-state index contributed by atoms with van der Waals surface area (Å²) in [5.74, 6) is -14.0. The van der Waals surface area contributed by atoms with Crippen molar-refractivity contribution in [1.82, 2.24) is 16.0 Å². The Labute approximate surface area is 496 Å². The fourth-order valence-corrected chi connectivity index (χ4v) is 11.1. The van der Waals surface area contributed by atoms with Gasteiger partial charge < -0.3 is 175 Å². The van der Waals surface area contributed by atoms with E-state index in [0.29, 0.717) is 0 Å². The van der Waals surface area contributed by atoms with Gasteiger partial charge in [0.2, 0.25) is 17.7 Å². The lowest BCUT2D eigenvalue weighted by atomic mass is 9.88. The van der Waals surface area contributed by atoms with Gasteiger partial charge in [-0.15, -0.1) is 0 Å². The lowest BCUT2D eigenvalue weighted by Crippen LogP contribution is -2.72. The second-order valence-electron chi connectivity index (χ2n) is 21.8. The molecule has 24 N–H and O–H groups in total. The highest BCUT2D eigenvalue weighted by Gasteiger charge is 2.64. The Hall–Kier alpha value is -3.85. The van der Waals surface area contributed by atoms with E-state index in [1.165, 1.54) is 0 Å². The lowest BCUT2D eigenvalue weighted by Gasteiger charge is -2.53. The second kappa shape index (κ2) is 30.7. The maximum Gasteiger partial charge on any atom is 0.364 e. The molecule has 0 bridgehead atoms. The number of carboxylic acid groups (broad SMARTS) is 2. The van der Waals surface area contributed by atoms with E-state index < -0.39 is 277 Å². The first kappa shape index (κ1) is 73.2. The van der Waals surface area contributed by atoms with Crippen LogP contribution >= 0.6 is 0 Å². The number of hydrogen-bond acceptors (Lipinski definition) is 35. The number of aliphatic hydroxyl groups excluding tert-OH is 19. The molecule has 0 saturated carbocycles. The van der Waals surface area contributed by atoms with E-state index in [2.05, 4.69) is 16.0 Å². The Morgan fingerprint density at radius 2 is 0.807 bits per heavy atom. The van der Waals surface area contributed by atoms with Gasteiger partial charge in [-0.2, -0.15) is 0 Å². The predicted octanol–water partition coefficient (Wildman–Crippen LogP) is -15.3. The highest BCUT2D eigenvalue weighted by molar-refractivity contribution is 5.77. The van der Waals surface area contributed by atoms with E-state index in [0.717, 1.165) is 20.8 Å². The summed E-state index contributed by atoms with van der Waals surface area (Å²) in [6.07, 6.45) is -63.1. The van der Waals surface area contributed by atoms with Crippen molar-refractivity contribution in [2.45, 2.75) is 229 Å². The van der Waals surface area contributed by atoms with Gasteiger partial charge in [0.05, 0.1) is 63.9 Å². The molecule has 6 aliphatic heterocycles. The zero-order valence-corrected chi connectivity index (χ0v) is 46.9. The molecule has 40 heteroatoms. The molecule has 40 nitrogen and oxygen atoms in total. The van der Waals surface area contributed by atoms with Crippen molar-refractivity contribution in [2.24, 2.45) is 0 Å². The maximum atomic E-state index is 13.6. The third-order valence-corrected chi connectivity index (χ3v) is 15.6. The standard InChI is InChI=1S/C48H79N3O37/c1-12(58)49-23-15(61)4-47(45(74)75,85-37(23)26(65)17(63)6-52)87-39-29(68)20(9-55)80-43(32(39)71)84-36-25(51-14(3)60)42(79-19(8-54)28(36)67)83-35-22(11-57)81-44(82-34-21(10-56)78-41(73)31(70)30(34)69)33(72)40(35)88-48(46(76)77)5-16(62)24(50-13(2)59)38(86-48)27(66)18(64)7-53/h15-44,52-57,61-73H,4-11H2,1-3H3,(H,49,58)(H,50,59)(H,51,60)(H,74,75)(H,76,77)/t15-,16-,17+,18+,19+,20+,21+,22+,23+,24+,25+,26+,27+,28-,29-,30+,31+,32+,33+,34+,35-,36+,37+,38+,39-,40+,41-,42-,43-,44-,47-,48-/m0/s1. The zero-order chi connectivity index (χ0) is 65.8. The van der Waals surface area contributed by atoms with Crippen molar-refractivity contribution in [3.05, 3.63) is 0 Å². The summed E-state index contributed by atoms with van der Waals surface area (Å²) >= 11 is 0. The quantitative estimate of drug-likeness (QED) is 0.0404. The van der Waals surface area contributed by atoms with Crippen LogP contribution in [0.1, 0.15) is 33.6 Å². The molecule has 508 valence electrons. The van der Waals surface area contributed by atoms with Gasteiger partial charge in [-0.3, -0.25) is 14.4 Å². The fourth-order valence-electron chi connectivity index (χ4n) is 11.1. The molecule has 6 rings (SSSR count). The number of carbonyl (C=O) groups excluding carboxylic acids is 3. The zero-order valence-electron chi connectivity index (χ0n) is 46.9. The Morgan fingerprint density at radius 1 is 0.443 bits per heavy atom. The summed E-state index contributed by atoms with van der Waals surface area (Å²) in [6.45, 7) is -4.55. The molecule has 6 aliphatic rings. The maximum absolute atomic E-state index is 13.6. The summed E-state index contributed by atoms with van der Waals surface area (Å²) in [5.41, 5.74) is 0. The molecule has 0 radical (unpaired) electrons. The number of amides is 3. The van der Waals surface area contributed by atoms with Crippen LogP contribution in [0.25, 0.3) is 0 Å². The van der Waals surface area contributed by atoms with Crippen LogP contribution in [-0.4, -0.2) is 372 Å². The Kier molecular flexibility index (Phi) is 25.6. The molecule has 0 aliphatic carbocycles. The van der Waals surface area contributed by atoms with Gasteiger partial charge in [-0.05, 0) is 0 Å². The molecule has 0 aromatic rings. The van der Waals surface area contributed by atoms with Crippen LogP contribution in [0.5, 0.6) is 0 Å². The van der Waals surface area contributed by atoms with E-state index in [1.54, 1.807) is 0 Å². The monoisotopic (exact) mass is 1290 g/mol. The van der Waals surface area contributed by atoms with Gasteiger partial charge in [0.15, 0.2) is 25.2 Å². The normalized spacial score (nSPS) is 44.6. The predicted molar refractivity (Wildman–Crippen MR) is 268 cm³/mol. The minimum absolute atomic E-state index is 0.864. The lowest BCUT2D eigenvalue weighted by molar-refractivity contribution is -0.404. The molecule has 6 heterocycles. The van der Waals surface area contributed by atoms with E-state index >= 15 is 0 Å². The first-order valence-electron chi connectivity index (χ1n) is 27.4. The van der Waals surface area contributed by atoms with Crippen molar-refractivity contribution in [3.8, 4) is 0 Å². The van der Waals surface area contributed by atoms with Crippen molar-refractivity contribution in [1.29, 1.82) is 0 Å². The highest BCUT2D eigenvalue weighted by Crippen LogP contribution is 2.42. The van der Waals surface area contributed by atoms with Crippen molar-refractivity contribution in [2.75, 3.05) is 39.6 Å². The molecule has 6 fully saturated rings. The van der Waals surface area contributed by atoms with Crippen molar-refractivity contribution < 1.29 is 183 Å². The molecule has 0 aromatic carbocycles. The number of aliphatic hydroxyl groups is 19. The van der Waals surface area contributed by atoms with Gasteiger partial charge >= 0.3 is 11.9 Å².